The van der Waals surface area contributed by atoms with E-state index in [-0.39, 0.29) is 25.4 Å². The molecule has 1 N–H and O–H groups in total. The van der Waals surface area contributed by atoms with Crippen LogP contribution in [0.2, 0.25) is 0 Å². The van der Waals surface area contributed by atoms with E-state index in [1.54, 1.807) is 4.90 Å². The van der Waals surface area contributed by atoms with Crippen molar-refractivity contribution in [2.24, 2.45) is 5.92 Å². The van der Waals surface area contributed by atoms with Gasteiger partial charge >= 0.3 is 5.97 Å². The first-order valence-electron chi connectivity index (χ1n) is 8.26. The summed E-state index contributed by atoms with van der Waals surface area (Å²) in [6.45, 7) is 5.99. The Morgan fingerprint density at radius 2 is 2.04 bits per heavy atom. The minimum atomic E-state index is -0.921. The monoisotopic (exact) mass is 335 g/mol. The van der Waals surface area contributed by atoms with Crippen molar-refractivity contribution in [3.8, 4) is 5.75 Å². The first kappa shape index (κ1) is 18.3. The molecular weight excluding hydrogens is 310 g/mol. The van der Waals surface area contributed by atoms with Crippen molar-refractivity contribution < 1.29 is 24.2 Å². The van der Waals surface area contributed by atoms with E-state index >= 15 is 0 Å². The average molecular weight is 335 g/mol. The lowest BCUT2D eigenvalue weighted by Crippen LogP contribution is -2.50. The number of benzene rings is 1. The molecule has 1 aromatic carbocycles. The van der Waals surface area contributed by atoms with Gasteiger partial charge in [-0.3, -0.25) is 9.59 Å². The molecule has 1 heterocycles. The normalized spacial score (nSPS) is 17.8. The van der Waals surface area contributed by atoms with Gasteiger partial charge in [0.25, 0.3) is 0 Å². The fourth-order valence-electron chi connectivity index (χ4n) is 2.60. The fourth-order valence-corrected chi connectivity index (χ4v) is 2.60. The van der Waals surface area contributed by atoms with E-state index in [0.717, 1.165) is 11.3 Å². The number of carbonyl (C=O) groups is 2. The molecule has 0 aromatic heterocycles. The minimum Gasteiger partial charge on any atom is -0.493 e. The van der Waals surface area contributed by atoms with Crippen molar-refractivity contribution in [3.63, 3.8) is 0 Å². The van der Waals surface area contributed by atoms with Gasteiger partial charge in [0.2, 0.25) is 5.91 Å². The van der Waals surface area contributed by atoms with E-state index in [0.29, 0.717) is 25.7 Å². The summed E-state index contributed by atoms with van der Waals surface area (Å²) < 4.78 is 10.9. The van der Waals surface area contributed by atoms with Crippen LogP contribution in [0.3, 0.4) is 0 Å². The Labute approximate surface area is 142 Å². The van der Waals surface area contributed by atoms with E-state index in [2.05, 4.69) is 13.8 Å². The van der Waals surface area contributed by atoms with Crippen LogP contribution in [0.25, 0.3) is 0 Å². The number of carbonyl (C=O) groups excluding carboxylic acids is 1. The molecule has 0 bridgehead atoms. The van der Waals surface area contributed by atoms with Crippen molar-refractivity contribution in [3.05, 3.63) is 29.8 Å². The Bertz CT molecular complexity index is 555. The van der Waals surface area contributed by atoms with Crippen molar-refractivity contribution in [1.82, 2.24) is 4.90 Å². The molecule has 24 heavy (non-hydrogen) atoms. The van der Waals surface area contributed by atoms with Crippen LogP contribution >= 0.6 is 0 Å². The Kier molecular flexibility index (Phi) is 6.61. The van der Waals surface area contributed by atoms with Gasteiger partial charge < -0.3 is 19.5 Å². The highest BCUT2D eigenvalue weighted by atomic mass is 16.5. The Hall–Kier alpha value is -2.08. The average Bonchev–Trinajstić information content (AvgIpc) is 2.54. The highest BCUT2D eigenvalue weighted by molar-refractivity contribution is 5.80. The third-order valence-corrected chi connectivity index (χ3v) is 3.82. The predicted octanol–water partition coefficient (Wildman–Crippen LogP) is 1.97. The zero-order chi connectivity index (χ0) is 17.5. The standard InChI is InChI=1S/C18H25NO5/c1-13(2)11-24-16-5-3-14(4-6-16)9-17(20)19-7-8-23-12-15(19)10-18(21)22/h3-6,13,15H,7-12H2,1-2H3,(H,21,22). The number of morpholine rings is 1. The van der Waals surface area contributed by atoms with Crippen LogP contribution in [-0.2, 0) is 20.7 Å². The highest BCUT2D eigenvalue weighted by Crippen LogP contribution is 2.16. The van der Waals surface area contributed by atoms with Crippen LogP contribution in [0.4, 0.5) is 0 Å². The van der Waals surface area contributed by atoms with Crippen molar-refractivity contribution in [1.29, 1.82) is 0 Å². The molecule has 1 unspecified atom stereocenters. The van der Waals surface area contributed by atoms with Gasteiger partial charge in [-0.25, -0.2) is 0 Å². The number of nitrogens with zero attached hydrogens (tertiary/aromatic N) is 1. The van der Waals surface area contributed by atoms with Crippen LogP contribution in [0.5, 0.6) is 5.75 Å². The fraction of sp³-hybridized carbons (Fsp3) is 0.556. The summed E-state index contributed by atoms with van der Waals surface area (Å²) in [5.74, 6) is 0.254. The summed E-state index contributed by atoms with van der Waals surface area (Å²) in [7, 11) is 0. The molecule has 1 saturated heterocycles. The molecule has 1 aliphatic rings. The number of ether oxygens (including phenoxy) is 2. The Balaban J connectivity index is 1.93. The van der Waals surface area contributed by atoms with Crippen LogP contribution in [0.1, 0.15) is 25.8 Å². The number of hydrogen-bond acceptors (Lipinski definition) is 4. The smallest absolute Gasteiger partial charge is 0.305 e. The molecule has 6 heteroatoms. The van der Waals surface area contributed by atoms with E-state index < -0.39 is 12.0 Å². The summed E-state index contributed by atoms with van der Waals surface area (Å²) in [6, 6.07) is 7.08. The quantitative estimate of drug-likeness (QED) is 0.824. The minimum absolute atomic E-state index is 0.0691. The maximum atomic E-state index is 12.5. The lowest BCUT2D eigenvalue weighted by Gasteiger charge is -2.35. The molecule has 1 aliphatic heterocycles. The molecule has 1 amide bonds. The summed E-state index contributed by atoms with van der Waals surface area (Å²) >= 11 is 0. The van der Waals surface area contributed by atoms with Gasteiger partial charge in [0.05, 0.1) is 38.7 Å². The molecule has 0 saturated carbocycles. The van der Waals surface area contributed by atoms with Crippen molar-refractivity contribution in [2.45, 2.75) is 32.7 Å². The third-order valence-electron chi connectivity index (χ3n) is 3.82. The van der Waals surface area contributed by atoms with Gasteiger partial charge in [-0.05, 0) is 23.6 Å². The van der Waals surface area contributed by atoms with Crippen LogP contribution in [0, 0.1) is 5.92 Å². The van der Waals surface area contributed by atoms with Gasteiger partial charge in [-0.2, -0.15) is 0 Å². The van der Waals surface area contributed by atoms with Crippen LogP contribution in [0.15, 0.2) is 24.3 Å². The van der Waals surface area contributed by atoms with Gasteiger partial charge in [-0.1, -0.05) is 26.0 Å². The van der Waals surface area contributed by atoms with Crippen LogP contribution < -0.4 is 4.74 Å². The zero-order valence-corrected chi connectivity index (χ0v) is 14.2. The number of carboxylic acids is 1. The van der Waals surface area contributed by atoms with Gasteiger partial charge in [0.15, 0.2) is 0 Å². The SMILES string of the molecule is CC(C)COc1ccc(CC(=O)N2CCOCC2CC(=O)O)cc1. The summed E-state index contributed by atoms with van der Waals surface area (Å²) in [6.07, 6.45) is 0.161. The molecular formula is C18H25NO5. The largest absolute Gasteiger partial charge is 0.493 e. The molecule has 0 spiro atoms. The van der Waals surface area contributed by atoms with Crippen LogP contribution in [-0.4, -0.2) is 54.3 Å². The number of aliphatic carboxylic acids is 1. The molecule has 1 atom stereocenters. The molecule has 2 rings (SSSR count). The van der Waals surface area contributed by atoms with Crippen molar-refractivity contribution in [2.75, 3.05) is 26.4 Å². The number of rotatable bonds is 7. The second-order valence-electron chi connectivity index (χ2n) is 6.44. The van der Waals surface area contributed by atoms with Gasteiger partial charge in [0, 0.05) is 6.54 Å². The molecule has 1 aromatic rings. The summed E-state index contributed by atoms with van der Waals surface area (Å²) in [4.78, 5) is 25.1. The maximum Gasteiger partial charge on any atom is 0.305 e. The van der Waals surface area contributed by atoms with E-state index in [1.165, 1.54) is 0 Å². The Morgan fingerprint density at radius 1 is 1.33 bits per heavy atom. The number of hydrogen-bond donors (Lipinski definition) is 1. The summed E-state index contributed by atoms with van der Waals surface area (Å²) in [5.41, 5.74) is 0.887. The molecule has 6 nitrogen and oxygen atoms in total. The topological polar surface area (TPSA) is 76.1 Å². The highest BCUT2D eigenvalue weighted by Gasteiger charge is 2.28. The predicted molar refractivity (Wildman–Crippen MR) is 89.1 cm³/mol. The lowest BCUT2D eigenvalue weighted by atomic mass is 10.1. The lowest BCUT2D eigenvalue weighted by molar-refractivity contribution is -0.145. The molecule has 132 valence electrons. The molecule has 1 fully saturated rings. The Morgan fingerprint density at radius 3 is 2.67 bits per heavy atom. The third kappa shape index (κ3) is 5.53. The number of carboxylic acid groups (broad SMARTS) is 1. The van der Waals surface area contributed by atoms with E-state index in [1.807, 2.05) is 24.3 Å². The second kappa shape index (κ2) is 8.68. The van der Waals surface area contributed by atoms with E-state index in [4.69, 9.17) is 14.6 Å². The number of amides is 1. The van der Waals surface area contributed by atoms with Gasteiger partial charge in [-0.15, -0.1) is 0 Å². The van der Waals surface area contributed by atoms with E-state index in [9.17, 15) is 9.59 Å². The zero-order valence-electron chi connectivity index (χ0n) is 14.2. The first-order valence-corrected chi connectivity index (χ1v) is 8.26. The molecule has 0 radical (unpaired) electrons. The van der Waals surface area contributed by atoms with Gasteiger partial charge in [0.1, 0.15) is 5.75 Å². The second-order valence-corrected chi connectivity index (χ2v) is 6.44. The van der Waals surface area contributed by atoms with Crippen molar-refractivity contribution >= 4 is 11.9 Å². The summed E-state index contributed by atoms with van der Waals surface area (Å²) in [5, 5.41) is 8.97. The maximum absolute atomic E-state index is 12.5. The molecule has 0 aliphatic carbocycles. The first-order chi connectivity index (χ1) is 11.5.